The molecule has 0 radical (unpaired) electrons. The predicted octanol–water partition coefficient (Wildman–Crippen LogP) is 4.94. The average Bonchev–Trinajstić information content (AvgIpc) is 2.77. The summed E-state index contributed by atoms with van der Waals surface area (Å²) in [7, 11) is 1.31. The van der Waals surface area contributed by atoms with Crippen LogP contribution in [0.15, 0.2) is 36.7 Å². The molecule has 0 spiro atoms. The summed E-state index contributed by atoms with van der Waals surface area (Å²) in [5.41, 5.74) is -0.0991. The number of halogens is 4. The van der Waals surface area contributed by atoms with Gasteiger partial charge in [-0.2, -0.15) is 13.2 Å². The zero-order valence-electron chi connectivity index (χ0n) is 17.3. The van der Waals surface area contributed by atoms with Crippen LogP contribution in [0.5, 0.6) is 0 Å². The van der Waals surface area contributed by atoms with E-state index < -0.39 is 23.6 Å². The average molecular weight is 470 g/mol. The van der Waals surface area contributed by atoms with E-state index in [-0.39, 0.29) is 16.6 Å². The summed E-state index contributed by atoms with van der Waals surface area (Å²) in [5, 5.41) is 6.03. The molecule has 32 heavy (non-hydrogen) atoms. The van der Waals surface area contributed by atoms with Crippen LogP contribution in [-0.2, 0) is 10.9 Å². The third-order valence-corrected chi connectivity index (χ3v) is 5.86. The second-order valence-electron chi connectivity index (χ2n) is 7.68. The van der Waals surface area contributed by atoms with Crippen molar-refractivity contribution >= 4 is 29.2 Å². The van der Waals surface area contributed by atoms with Gasteiger partial charge >= 0.3 is 12.1 Å². The van der Waals surface area contributed by atoms with E-state index in [0.29, 0.717) is 36.6 Å². The van der Waals surface area contributed by atoms with Gasteiger partial charge in [0.1, 0.15) is 5.56 Å². The second-order valence-corrected chi connectivity index (χ2v) is 8.08. The summed E-state index contributed by atoms with van der Waals surface area (Å²) in [6, 6.07) is 4.28. The highest BCUT2D eigenvalue weighted by molar-refractivity contribution is 6.33. The Balaban J connectivity index is 1.53. The van der Waals surface area contributed by atoms with Gasteiger partial charge in [0.05, 0.1) is 28.9 Å². The van der Waals surface area contributed by atoms with Crippen molar-refractivity contribution in [3.05, 3.63) is 58.4 Å². The van der Waals surface area contributed by atoms with Gasteiger partial charge in [0.2, 0.25) is 0 Å². The molecule has 0 unspecified atom stereocenters. The molecule has 10 heteroatoms. The lowest BCUT2D eigenvalue weighted by Crippen LogP contribution is -2.38. The smallest absolute Gasteiger partial charge is 0.416 e. The van der Waals surface area contributed by atoms with Crippen LogP contribution in [-0.4, -0.2) is 36.6 Å². The highest BCUT2D eigenvalue weighted by Gasteiger charge is 2.32. The lowest BCUT2D eigenvalue weighted by Gasteiger charge is -2.29. The summed E-state index contributed by atoms with van der Waals surface area (Å²) in [6.45, 7) is 0.633. The molecule has 172 valence electrons. The van der Waals surface area contributed by atoms with Gasteiger partial charge in [0.25, 0.3) is 5.91 Å². The number of carbonyl (C=O) groups is 2. The number of methoxy groups -OCH3 is 1. The van der Waals surface area contributed by atoms with Gasteiger partial charge < -0.3 is 15.4 Å². The Hall–Kier alpha value is -2.81. The quantitative estimate of drug-likeness (QED) is 0.586. The largest absolute Gasteiger partial charge is 0.465 e. The van der Waals surface area contributed by atoms with Crippen LogP contribution in [0.3, 0.4) is 0 Å². The molecule has 2 N–H and O–H groups in total. The fraction of sp³-hybridized carbons (Fsp3) is 0.409. The summed E-state index contributed by atoms with van der Waals surface area (Å²) >= 11 is 5.95. The maximum Gasteiger partial charge on any atom is 0.416 e. The lowest BCUT2D eigenvalue weighted by atomic mass is 9.85. The number of rotatable bonds is 6. The van der Waals surface area contributed by atoms with E-state index in [4.69, 9.17) is 16.3 Å². The first-order valence-corrected chi connectivity index (χ1v) is 10.5. The van der Waals surface area contributed by atoms with E-state index in [1.165, 1.54) is 13.3 Å². The Labute approximate surface area is 188 Å². The van der Waals surface area contributed by atoms with Crippen molar-refractivity contribution in [1.29, 1.82) is 0 Å². The van der Waals surface area contributed by atoms with Crippen molar-refractivity contribution in [1.82, 2.24) is 10.3 Å². The molecule has 1 aromatic heterocycles. The van der Waals surface area contributed by atoms with Crippen molar-refractivity contribution in [2.24, 2.45) is 5.92 Å². The Morgan fingerprint density at radius 2 is 1.88 bits per heavy atom. The van der Waals surface area contributed by atoms with Gasteiger partial charge in [-0.1, -0.05) is 11.6 Å². The van der Waals surface area contributed by atoms with E-state index in [1.807, 2.05) is 0 Å². The standard InChI is InChI=1S/C22H23ClF3N3O3/c1-32-21(31)17-12-27-9-8-19(17)28-11-13-2-5-15(6-3-13)29-20(30)16-10-14(22(24,25)26)4-7-18(16)23/h4,7-10,12-13,15H,2-3,5-6,11H2,1H3,(H,27,28)(H,29,30). The normalized spacial score (nSPS) is 18.7. The zero-order valence-corrected chi connectivity index (χ0v) is 18.1. The molecule has 1 aliphatic carbocycles. The van der Waals surface area contributed by atoms with Gasteiger partial charge in [-0.05, 0) is 55.9 Å². The maximum atomic E-state index is 12.9. The van der Waals surface area contributed by atoms with Crippen LogP contribution >= 0.6 is 11.6 Å². The number of hydrogen-bond acceptors (Lipinski definition) is 5. The van der Waals surface area contributed by atoms with Crippen LogP contribution in [0.4, 0.5) is 18.9 Å². The molecule has 1 saturated carbocycles. The van der Waals surface area contributed by atoms with Crippen LogP contribution in [0.2, 0.25) is 5.02 Å². The molecule has 0 saturated heterocycles. The molecule has 6 nitrogen and oxygen atoms in total. The number of nitrogens with one attached hydrogen (secondary N) is 2. The fourth-order valence-electron chi connectivity index (χ4n) is 3.73. The lowest BCUT2D eigenvalue weighted by molar-refractivity contribution is -0.137. The van der Waals surface area contributed by atoms with Crippen LogP contribution in [0, 0.1) is 5.92 Å². The van der Waals surface area contributed by atoms with Gasteiger partial charge in [-0.3, -0.25) is 9.78 Å². The van der Waals surface area contributed by atoms with E-state index in [9.17, 15) is 22.8 Å². The molecular formula is C22H23ClF3N3O3. The van der Waals surface area contributed by atoms with Crippen molar-refractivity contribution < 1.29 is 27.5 Å². The number of anilines is 1. The number of amides is 1. The number of nitrogens with zero attached hydrogens (tertiary/aromatic N) is 1. The number of ether oxygens (including phenoxy) is 1. The van der Waals surface area contributed by atoms with Crippen LogP contribution in [0.25, 0.3) is 0 Å². The van der Waals surface area contributed by atoms with Crippen molar-refractivity contribution in [2.75, 3.05) is 19.0 Å². The summed E-state index contributed by atoms with van der Waals surface area (Å²) in [6.07, 6.45) is 1.48. The van der Waals surface area contributed by atoms with Gasteiger partial charge in [-0.15, -0.1) is 0 Å². The SMILES string of the molecule is COC(=O)c1cnccc1NCC1CCC(NC(=O)c2cc(C(F)(F)F)ccc2Cl)CC1. The van der Waals surface area contributed by atoms with Crippen molar-refractivity contribution in [2.45, 2.75) is 37.9 Å². The van der Waals surface area contributed by atoms with E-state index >= 15 is 0 Å². The first-order valence-electron chi connectivity index (χ1n) is 10.1. The van der Waals surface area contributed by atoms with Gasteiger partial charge in [-0.25, -0.2) is 4.79 Å². The Bertz CT molecular complexity index is 976. The zero-order chi connectivity index (χ0) is 23.3. The molecule has 3 rings (SSSR count). The molecule has 2 aromatic rings. The van der Waals surface area contributed by atoms with Crippen molar-refractivity contribution in [3.8, 4) is 0 Å². The number of hydrogen-bond donors (Lipinski definition) is 2. The number of benzene rings is 1. The monoisotopic (exact) mass is 469 g/mol. The maximum absolute atomic E-state index is 12.9. The minimum absolute atomic E-state index is 0.0212. The molecule has 1 fully saturated rings. The Morgan fingerprint density at radius 1 is 1.16 bits per heavy atom. The fourth-order valence-corrected chi connectivity index (χ4v) is 3.93. The molecule has 0 bridgehead atoms. The third kappa shape index (κ3) is 5.91. The van der Waals surface area contributed by atoms with Crippen molar-refractivity contribution in [3.63, 3.8) is 0 Å². The minimum Gasteiger partial charge on any atom is -0.465 e. The molecule has 1 heterocycles. The second kappa shape index (κ2) is 10.2. The van der Waals surface area contributed by atoms with Crippen LogP contribution < -0.4 is 10.6 Å². The van der Waals surface area contributed by atoms with Gasteiger partial charge in [0, 0.05) is 25.0 Å². The number of aromatic nitrogens is 1. The molecule has 1 amide bonds. The molecule has 1 aromatic carbocycles. The highest BCUT2D eigenvalue weighted by Crippen LogP contribution is 2.32. The van der Waals surface area contributed by atoms with E-state index in [0.717, 1.165) is 31.0 Å². The van der Waals surface area contributed by atoms with E-state index in [1.54, 1.807) is 12.3 Å². The predicted molar refractivity (Wildman–Crippen MR) is 114 cm³/mol. The molecular weight excluding hydrogens is 447 g/mol. The number of esters is 1. The Kier molecular flexibility index (Phi) is 7.60. The first-order chi connectivity index (χ1) is 15.2. The van der Waals surface area contributed by atoms with Gasteiger partial charge in [0.15, 0.2) is 0 Å². The minimum atomic E-state index is -4.55. The van der Waals surface area contributed by atoms with E-state index in [2.05, 4.69) is 15.6 Å². The molecule has 0 aliphatic heterocycles. The Morgan fingerprint density at radius 3 is 2.53 bits per heavy atom. The first kappa shape index (κ1) is 23.8. The molecule has 1 aliphatic rings. The highest BCUT2D eigenvalue weighted by atomic mass is 35.5. The topological polar surface area (TPSA) is 80.3 Å². The summed E-state index contributed by atoms with van der Waals surface area (Å²) < 4.78 is 43.6. The third-order valence-electron chi connectivity index (χ3n) is 5.53. The summed E-state index contributed by atoms with van der Waals surface area (Å²) in [5.74, 6) is -0.763. The number of pyridine rings is 1. The number of alkyl halides is 3. The van der Waals surface area contributed by atoms with Crippen LogP contribution in [0.1, 0.15) is 52.0 Å². The number of carbonyl (C=O) groups excluding carboxylic acids is 2. The molecule has 0 atom stereocenters. The summed E-state index contributed by atoms with van der Waals surface area (Å²) in [4.78, 5) is 28.3.